The lowest BCUT2D eigenvalue weighted by Gasteiger charge is -2.15. The first-order chi connectivity index (χ1) is 9.79. The molecule has 0 spiro atoms. The van der Waals surface area contributed by atoms with Crippen LogP contribution >= 0.6 is 0 Å². The molecule has 0 saturated carbocycles. The highest BCUT2D eigenvalue weighted by atomic mass is 16.5. The van der Waals surface area contributed by atoms with Crippen LogP contribution in [0.1, 0.15) is 44.6 Å². The second kappa shape index (κ2) is 10.7. The molecule has 0 aliphatic carbocycles. The van der Waals surface area contributed by atoms with E-state index < -0.39 is 0 Å². The van der Waals surface area contributed by atoms with Gasteiger partial charge >= 0.3 is 0 Å². The zero-order chi connectivity index (χ0) is 14.6. The lowest BCUT2D eigenvalue weighted by Crippen LogP contribution is -2.20. The molecule has 1 N–H and O–H groups in total. The SMILES string of the molecule is CC[C@H](C)c1ccccc1OCCCCNCCOC. The number of rotatable bonds is 11. The van der Waals surface area contributed by atoms with Crippen LogP contribution in [-0.2, 0) is 4.74 Å². The molecule has 3 heteroatoms. The van der Waals surface area contributed by atoms with Crippen LogP contribution in [0.25, 0.3) is 0 Å². The molecular weight excluding hydrogens is 250 g/mol. The smallest absolute Gasteiger partial charge is 0.122 e. The monoisotopic (exact) mass is 279 g/mol. The second-order valence-electron chi connectivity index (χ2n) is 5.15. The molecule has 0 radical (unpaired) electrons. The average molecular weight is 279 g/mol. The Morgan fingerprint density at radius 2 is 1.90 bits per heavy atom. The second-order valence-corrected chi connectivity index (χ2v) is 5.15. The number of unbranched alkanes of at least 4 members (excludes halogenated alkanes) is 1. The first-order valence-electron chi connectivity index (χ1n) is 7.71. The molecule has 0 aromatic heterocycles. The van der Waals surface area contributed by atoms with Gasteiger partial charge in [-0.1, -0.05) is 32.0 Å². The van der Waals surface area contributed by atoms with Gasteiger partial charge in [0.05, 0.1) is 13.2 Å². The van der Waals surface area contributed by atoms with E-state index in [0.717, 1.165) is 51.3 Å². The van der Waals surface area contributed by atoms with Gasteiger partial charge in [-0.05, 0) is 43.4 Å². The van der Waals surface area contributed by atoms with Gasteiger partial charge in [0, 0.05) is 13.7 Å². The van der Waals surface area contributed by atoms with Gasteiger partial charge in [-0.15, -0.1) is 0 Å². The summed E-state index contributed by atoms with van der Waals surface area (Å²) >= 11 is 0. The fourth-order valence-electron chi connectivity index (χ4n) is 2.07. The fraction of sp³-hybridized carbons (Fsp3) is 0.647. The number of ether oxygens (including phenoxy) is 2. The Bertz CT molecular complexity index is 355. The van der Waals surface area contributed by atoms with Crippen molar-refractivity contribution in [1.82, 2.24) is 5.32 Å². The number of methoxy groups -OCH3 is 1. The van der Waals surface area contributed by atoms with Gasteiger partial charge in [0.1, 0.15) is 5.75 Å². The molecule has 0 fully saturated rings. The van der Waals surface area contributed by atoms with Crippen molar-refractivity contribution in [2.24, 2.45) is 0 Å². The Labute approximate surface area is 123 Å². The number of nitrogens with one attached hydrogen (secondary N) is 1. The molecule has 0 aliphatic rings. The first kappa shape index (κ1) is 17.0. The minimum Gasteiger partial charge on any atom is -0.493 e. The molecule has 1 aromatic rings. The average Bonchev–Trinajstić information content (AvgIpc) is 2.49. The van der Waals surface area contributed by atoms with Gasteiger partial charge in [0.2, 0.25) is 0 Å². The molecule has 1 atom stereocenters. The Balaban J connectivity index is 2.22. The van der Waals surface area contributed by atoms with Gasteiger partial charge < -0.3 is 14.8 Å². The van der Waals surface area contributed by atoms with Crippen LogP contribution in [0.4, 0.5) is 0 Å². The fourth-order valence-corrected chi connectivity index (χ4v) is 2.07. The van der Waals surface area contributed by atoms with Gasteiger partial charge in [-0.3, -0.25) is 0 Å². The van der Waals surface area contributed by atoms with E-state index in [1.54, 1.807) is 7.11 Å². The molecule has 3 nitrogen and oxygen atoms in total. The van der Waals surface area contributed by atoms with E-state index >= 15 is 0 Å². The van der Waals surface area contributed by atoms with E-state index in [2.05, 4.69) is 37.4 Å². The van der Waals surface area contributed by atoms with E-state index in [0.29, 0.717) is 5.92 Å². The minimum atomic E-state index is 0.557. The number of hydrogen-bond acceptors (Lipinski definition) is 3. The van der Waals surface area contributed by atoms with E-state index in [1.807, 2.05) is 6.07 Å². The zero-order valence-corrected chi connectivity index (χ0v) is 13.2. The van der Waals surface area contributed by atoms with Crippen molar-refractivity contribution in [2.45, 2.75) is 39.0 Å². The van der Waals surface area contributed by atoms with Gasteiger partial charge in [-0.25, -0.2) is 0 Å². The summed E-state index contributed by atoms with van der Waals surface area (Å²) in [5.74, 6) is 1.61. The quantitative estimate of drug-likeness (QED) is 0.628. The van der Waals surface area contributed by atoms with E-state index in [4.69, 9.17) is 9.47 Å². The molecule has 0 saturated heterocycles. The number of hydrogen-bond donors (Lipinski definition) is 1. The standard InChI is InChI=1S/C17H29NO2/c1-4-15(2)16-9-5-6-10-17(16)20-13-8-7-11-18-12-14-19-3/h5-6,9-10,15,18H,4,7-8,11-14H2,1-3H3/t15-/m0/s1. The highest BCUT2D eigenvalue weighted by molar-refractivity contribution is 5.35. The summed E-state index contributed by atoms with van der Waals surface area (Å²) in [6.07, 6.45) is 3.35. The van der Waals surface area contributed by atoms with Gasteiger partial charge in [0.15, 0.2) is 0 Å². The van der Waals surface area contributed by atoms with Crippen LogP contribution < -0.4 is 10.1 Å². The number of para-hydroxylation sites is 1. The molecule has 0 unspecified atom stereocenters. The summed E-state index contributed by atoms with van der Waals surface area (Å²) in [6.45, 7) is 7.99. The van der Waals surface area contributed by atoms with Crippen LogP contribution in [-0.4, -0.2) is 33.4 Å². The van der Waals surface area contributed by atoms with Crippen molar-refractivity contribution in [3.63, 3.8) is 0 Å². The normalized spacial score (nSPS) is 12.3. The lowest BCUT2D eigenvalue weighted by molar-refractivity contribution is 0.199. The maximum atomic E-state index is 5.94. The molecular formula is C17H29NO2. The van der Waals surface area contributed by atoms with Crippen molar-refractivity contribution in [1.29, 1.82) is 0 Å². The Kier molecular flexibility index (Phi) is 9.09. The third kappa shape index (κ3) is 6.40. The summed E-state index contributed by atoms with van der Waals surface area (Å²) in [5.41, 5.74) is 1.33. The predicted molar refractivity (Wildman–Crippen MR) is 84.6 cm³/mol. The largest absolute Gasteiger partial charge is 0.493 e. The topological polar surface area (TPSA) is 30.5 Å². The van der Waals surface area contributed by atoms with E-state index in [9.17, 15) is 0 Å². The highest BCUT2D eigenvalue weighted by Crippen LogP contribution is 2.28. The van der Waals surface area contributed by atoms with Gasteiger partial charge in [-0.2, -0.15) is 0 Å². The lowest BCUT2D eigenvalue weighted by atomic mass is 9.98. The molecule has 114 valence electrons. The molecule has 0 bridgehead atoms. The third-order valence-electron chi connectivity index (χ3n) is 3.55. The number of benzene rings is 1. The summed E-state index contributed by atoms with van der Waals surface area (Å²) in [4.78, 5) is 0. The Hall–Kier alpha value is -1.06. The maximum absolute atomic E-state index is 5.94. The van der Waals surface area contributed by atoms with Gasteiger partial charge in [0.25, 0.3) is 0 Å². The van der Waals surface area contributed by atoms with Crippen LogP contribution in [0, 0.1) is 0 Å². The summed E-state index contributed by atoms with van der Waals surface area (Å²) < 4.78 is 10.9. The predicted octanol–water partition coefficient (Wildman–Crippen LogP) is 3.60. The van der Waals surface area contributed by atoms with Crippen molar-refractivity contribution < 1.29 is 9.47 Å². The minimum absolute atomic E-state index is 0.557. The molecule has 1 aromatic carbocycles. The van der Waals surface area contributed by atoms with Crippen LogP contribution in [0.2, 0.25) is 0 Å². The summed E-state index contributed by atoms with van der Waals surface area (Å²) in [6, 6.07) is 8.40. The van der Waals surface area contributed by atoms with Crippen LogP contribution in [0.15, 0.2) is 24.3 Å². The van der Waals surface area contributed by atoms with Crippen molar-refractivity contribution in [3.05, 3.63) is 29.8 Å². The molecule has 0 heterocycles. The Morgan fingerprint density at radius 1 is 1.10 bits per heavy atom. The first-order valence-corrected chi connectivity index (χ1v) is 7.71. The zero-order valence-electron chi connectivity index (χ0n) is 13.2. The van der Waals surface area contributed by atoms with E-state index in [1.165, 1.54) is 5.56 Å². The molecule has 1 rings (SSSR count). The Morgan fingerprint density at radius 3 is 2.65 bits per heavy atom. The molecule has 20 heavy (non-hydrogen) atoms. The van der Waals surface area contributed by atoms with E-state index in [-0.39, 0.29) is 0 Å². The molecule has 0 aliphatic heterocycles. The van der Waals surface area contributed by atoms with Crippen molar-refractivity contribution in [3.8, 4) is 5.75 Å². The highest BCUT2D eigenvalue weighted by Gasteiger charge is 2.08. The van der Waals surface area contributed by atoms with Crippen LogP contribution in [0.5, 0.6) is 5.75 Å². The van der Waals surface area contributed by atoms with Crippen molar-refractivity contribution in [2.75, 3.05) is 33.4 Å². The van der Waals surface area contributed by atoms with Crippen molar-refractivity contribution >= 4 is 0 Å². The summed E-state index contributed by atoms with van der Waals surface area (Å²) in [7, 11) is 1.73. The summed E-state index contributed by atoms with van der Waals surface area (Å²) in [5, 5.41) is 3.34. The van der Waals surface area contributed by atoms with Crippen LogP contribution in [0.3, 0.4) is 0 Å². The maximum Gasteiger partial charge on any atom is 0.122 e. The molecule has 0 amide bonds. The third-order valence-corrected chi connectivity index (χ3v) is 3.55.